The molecule has 1 spiro atoms. The van der Waals surface area contributed by atoms with Crippen LogP contribution in [0, 0.1) is 5.41 Å². The standard InChI is InChI=1S/C18H33N3O2/c1-3-19-16(20-13-17(22)8-7-9-17)21-14-12-15(23-4-2)18(14)10-5-6-11-18/h14-15,22H,3-13H2,1-2H3,(H2,19,20,21). The number of nitrogens with zero attached hydrogens (tertiary/aromatic N) is 1. The number of ether oxygens (including phenoxy) is 1. The summed E-state index contributed by atoms with van der Waals surface area (Å²) in [6, 6.07) is 0.454. The predicted molar refractivity (Wildman–Crippen MR) is 92.6 cm³/mol. The van der Waals surface area contributed by atoms with Crippen molar-refractivity contribution in [2.24, 2.45) is 10.4 Å². The Hall–Kier alpha value is -0.810. The van der Waals surface area contributed by atoms with E-state index in [1.165, 1.54) is 25.7 Å². The molecule has 2 unspecified atom stereocenters. The molecule has 3 saturated carbocycles. The molecule has 2 atom stereocenters. The van der Waals surface area contributed by atoms with E-state index < -0.39 is 5.60 Å². The predicted octanol–water partition coefficient (Wildman–Crippen LogP) is 2.19. The lowest BCUT2D eigenvalue weighted by Gasteiger charge is -2.54. The van der Waals surface area contributed by atoms with Gasteiger partial charge in [0.05, 0.1) is 18.2 Å². The van der Waals surface area contributed by atoms with Gasteiger partial charge in [0.15, 0.2) is 5.96 Å². The van der Waals surface area contributed by atoms with Crippen LogP contribution in [0.25, 0.3) is 0 Å². The minimum absolute atomic E-state index is 0.305. The van der Waals surface area contributed by atoms with E-state index in [2.05, 4.69) is 29.5 Å². The topological polar surface area (TPSA) is 65.9 Å². The normalized spacial score (nSPS) is 31.5. The number of hydrogen-bond acceptors (Lipinski definition) is 3. The largest absolute Gasteiger partial charge is 0.388 e. The van der Waals surface area contributed by atoms with Crippen LogP contribution in [-0.4, -0.2) is 48.5 Å². The fourth-order valence-corrected chi connectivity index (χ4v) is 4.54. The summed E-state index contributed by atoms with van der Waals surface area (Å²) in [6.07, 6.45) is 9.53. The number of aliphatic imine (C=N–C) groups is 1. The van der Waals surface area contributed by atoms with E-state index in [1.54, 1.807) is 0 Å². The summed E-state index contributed by atoms with van der Waals surface area (Å²) in [6.45, 7) is 6.34. The number of nitrogens with one attached hydrogen (secondary N) is 2. The summed E-state index contributed by atoms with van der Waals surface area (Å²) in [4.78, 5) is 4.66. The van der Waals surface area contributed by atoms with Gasteiger partial charge in [-0.25, -0.2) is 0 Å². The van der Waals surface area contributed by atoms with E-state index in [4.69, 9.17) is 4.74 Å². The van der Waals surface area contributed by atoms with Crippen LogP contribution in [0.15, 0.2) is 4.99 Å². The van der Waals surface area contributed by atoms with Crippen LogP contribution in [0.3, 0.4) is 0 Å². The summed E-state index contributed by atoms with van der Waals surface area (Å²) < 4.78 is 5.99. The molecule has 3 aliphatic carbocycles. The van der Waals surface area contributed by atoms with Gasteiger partial charge in [0.25, 0.3) is 0 Å². The molecular formula is C18H33N3O2. The van der Waals surface area contributed by atoms with E-state index in [1.807, 2.05) is 0 Å². The van der Waals surface area contributed by atoms with Gasteiger partial charge in [-0.3, -0.25) is 4.99 Å². The van der Waals surface area contributed by atoms with Crippen LogP contribution in [-0.2, 0) is 4.74 Å². The SMILES string of the molecule is CCNC(=NCC1(O)CCC1)NC1CC(OCC)C12CCCC2. The molecule has 0 aromatic carbocycles. The van der Waals surface area contributed by atoms with Crippen molar-refractivity contribution >= 4 is 5.96 Å². The van der Waals surface area contributed by atoms with E-state index in [-0.39, 0.29) is 0 Å². The van der Waals surface area contributed by atoms with Crippen molar-refractivity contribution in [1.82, 2.24) is 10.6 Å². The molecule has 0 radical (unpaired) electrons. The zero-order valence-corrected chi connectivity index (χ0v) is 14.7. The van der Waals surface area contributed by atoms with Crippen molar-refractivity contribution < 1.29 is 9.84 Å². The first-order chi connectivity index (χ1) is 11.1. The van der Waals surface area contributed by atoms with Crippen LogP contribution in [0.5, 0.6) is 0 Å². The van der Waals surface area contributed by atoms with Gasteiger partial charge in [0.2, 0.25) is 0 Å². The first-order valence-corrected chi connectivity index (χ1v) is 9.51. The Morgan fingerprint density at radius 3 is 2.48 bits per heavy atom. The van der Waals surface area contributed by atoms with E-state index in [9.17, 15) is 5.11 Å². The third-order valence-corrected chi connectivity index (χ3v) is 6.16. The highest BCUT2D eigenvalue weighted by Crippen LogP contribution is 2.54. The van der Waals surface area contributed by atoms with Crippen molar-refractivity contribution in [3.05, 3.63) is 0 Å². The lowest BCUT2D eigenvalue weighted by Crippen LogP contribution is -2.65. The van der Waals surface area contributed by atoms with Gasteiger partial charge in [-0.1, -0.05) is 12.8 Å². The molecule has 3 aliphatic rings. The summed E-state index contributed by atoms with van der Waals surface area (Å²) >= 11 is 0. The Bertz CT molecular complexity index is 428. The maximum absolute atomic E-state index is 10.3. The molecule has 132 valence electrons. The minimum atomic E-state index is -0.555. The van der Waals surface area contributed by atoms with Crippen molar-refractivity contribution in [2.45, 2.75) is 83.0 Å². The highest BCUT2D eigenvalue weighted by Gasteiger charge is 2.57. The number of hydrogen-bond donors (Lipinski definition) is 3. The van der Waals surface area contributed by atoms with Crippen molar-refractivity contribution in [2.75, 3.05) is 19.7 Å². The second kappa shape index (κ2) is 6.98. The molecule has 0 heterocycles. The molecule has 0 amide bonds. The zero-order valence-electron chi connectivity index (χ0n) is 14.7. The average molecular weight is 323 g/mol. The molecule has 23 heavy (non-hydrogen) atoms. The fourth-order valence-electron chi connectivity index (χ4n) is 4.54. The molecular weight excluding hydrogens is 290 g/mol. The lowest BCUT2D eigenvalue weighted by atomic mass is 9.60. The van der Waals surface area contributed by atoms with Crippen molar-refractivity contribution in [3.63, 3.8) is 0 Å². The van der Waals surface area contributed by atoms with Crippen molar-refractivity contribution in [3.8, 4) is 0 Å². The Kier molecular flexibility index (Phi) is 5.16. The van der Waals surface area contributed by atoms with Gasteiger partial charge in [0.1, 0.15) is 0 Å². The molecule has 3 fully saturated rings. The molecule has 3 N–H and O–H groups in total. The number of guanidine groups is 1. The van der Waals surface area contributed by atoms with Gasteiger partial charge < -0.3 is 20.5 Å². The molecule has 0 saturated heterocycles. The van der Waals surface area contributed by atoms with E-state index in [0.29, 0.717) is 24.1 Å². The van der Waals surface area contributed by atoms with Gasteiger partial charge in [0, 0.05) is 24.6 Å². The molecule has 0 bridgehead atoms. The molecule has 0 aromatic rings. The summed E-state index contributed by atoms with van der Waals surface area (Å²) in [5.41, 5.74) is -0.250. The van der Waals surface area contributed by atoms with Crippen LogP contribution in [0.1, 0.15) is 65.2 Å². The van der Waals surface area contributed by atoms with Crippen LogP contribution >= 0.6 is 0 Å². The van der Waals surface area contributed by atoms with Gasteiger partial charge in [-0.05, 0) is 52.4 Å². The zero-order chi connectivity index (χ0) is 16.3. The maximum atomic E-state index is 10.3. The summed E-state index contributed by atoms with van der Waals surface area (Å²) in [7, 11) is 0. The van der Waals surface area contributed by atoms with Gasteiger partial charge >= 0.3 is 0 Å². The molecule has 5 heteroatoms. The number of aliphatic hydroxyl groups is 1. The van der Waals surface area contributed by atoms with E-state index in [0.717, 1.165) is 44.8 Å². The lowest BCUT2D eigenvalue weighted by molar-refractivity contribution is -0.125. The quantitative estimate of drug-likeness (QED) is 0.518. The van der Waals surface area contributed by atoms with Crippen molar-refractivity contribution in [1.29, 1.82) is 0 Å². The highest BCUT2D eigenvalue weighted by atomic mass is 16.5. The average Bonchev–Trinajstić information content (AvgIpc) is 3.02. The fraction of sp³-hybridized carbons (Fsp3) is 0.944. The highest BCUT2D eigenvalue weighted by molar-refractivity contribution is 5.80. The van der Waals surface area contributed by atoms with Crippen LogP contribution < -0.4 is 10.6 Å². The third-order valence-electron chi connectivity index (χ3n) is 6.16. The Labute approximate surface area is 140 Å². The first-order valence-electron chi connectivity index (χ1n) is 9.51. The second-order valence-corrected chi connectivity index (χ2v) is 7.59. The summed E-state index contributed by atoms with van der Waals surface area (Å²) in [5.74, 6) is 0.860. The van der Waals surface area contributed by atoms with E-state index >= 15 is 0 Å². The molecule has 0 aromatic heterocycles. The van der Waals surface area contributed by atoms with Gasteiger partial charge in [-0.15, -0.1) is 0 Å². The van der Waals surface area contributed by atoms with Crippen LogP contribution in [0.2, 0.25) is 0 Å². The second-order valence-electron chi connectivity index (χ2n) is 7.59. The molecule has 5 nitrogen and oxygen atoms in total. The smallest absolute Gasteiger partial charge is 0.191 e. The third kappa shape index (κ3) is 3.36. The van der Waals surface area contributed by atoms with Gasteiger partial charge in [-0.2, -0.15) is 0 Å². The number of rotatable bonds is 6. The first kappa shape index (κ1) is 17.0. The Balaban J connectivity index is 1.62. The molecule has 0 aliphatic heterocycles. The minimum Gasteiger partial charge on any atom is -0.388 e. The Morgan fingerprint density at radius 2 is 1.91 bits per heavy atom. The maximum Gasteiger partial charge on any atom is 0.191 e. The van der Waals surface area contributed by atoms with Crippen LogP contribution in [0.4, 0.5) is 0 Å². The monoisotopic (exact) mass is 323 g/mol. The molecule has 3 rings (SSSR count). The Morgan fingerprint density at radius 1 is 1.17 bits per heavy atom. The summed E-state index contributed by atoms with van der Waals surface area (Å²) in [5, 5.41) is 17.3.